The van der Waals surface area contributed by atoms with Crippen LogP contribution in [0.1, 0.15) is 18.4 Å². The van der Waals surface area contributed by atoms with Crippen LogP contribution >= 0.6 is 12.6 Å². The lowest BCUT2D eigenvalue weighted by Gasteiger charge is -2.28. The fourth-order valence-electron chi connectivity index (χ4n) is 3.43. The van der Waals surface area contributed by atoms with E-state index in [2.05, 4.69) is 29.3 Å². The first-order valence-electron chi connectivity index (χ1n) is 9.91. The number of allylic oxidation sites excluding steroid dienone is 2. The number of ether oxygens (including phenoxy) is 5. The van der Waals surface area contributed by atoms with Crippen LogP contribution in [-0.4, -0.2) is 60.7 Å². The fourth-order valence-corrected chi connectivity index (χ4v) is 3.77. The first kappa shape index (κ1) is 25.4. The van der Waals surface area contributed by atoms with E-state index in [4.69, 9.17) is 23.7 Å². The summed E-state index contributed by atoms with van der Waals surface area (Å²) < 4.78 is 26.0. The third-order valence-corrected chi connectivity index (χ3v) is 5.29. The van der Waals surface area contributed by atoms with Gasteiger partial charge >= 0.3 is 5.97 Å². The monoisotopic (exact) mass is 463 g/mol. The molecule has 0 amide bonds. The summed E-state index contributed by atoms with van der Waals surface area (Å²) in [5, 5.41) is 16.1. The summed E-state index contributed by atoms with van der Waals surface area (Å²) in [6.07, 6.45) is 0. The van der Waals surface area contributed by atoms with Crippen molar-refractivity contribution < 1.29 is 28.5 Å². The normalized spacial score (nSPS) is 18.0. The van der Waals surface area contributed by atoms with E-state index in [1.165, 1.54) is 28.4 Å². The van der Waals surface area contributed by atoms with Crippen LogP contribution in [0.3, 0.4) is 0 Å². The number of morpholine rings is 1. The lowest BCUT2D eigenvalue weighted by Crippen LogP contribution is -2.30. The van der Waals surface area contributed by atoms with Crippen molar-refractivity contribution in [3.05, 3.63) is 39.6 Å². The molecule has 2 heterocycles. The molecule has 0 aliphatic carbocycles. The molecule has 0 saturated carbocycles. The molecule has 1 aromatic rings. The number of hydrogen-bond acceptors (Lipinski definition) is 10. The Hall–Kier alpha value is -2.87. The van der Waals surface area contributed by atoms with E-state index >= 15 is 0 Å². The van der Waals surface area contributed by atoms with Crippen LogP contribution in [0.2, 0.25) is 0 Å². The predicted octanol–water partition coefficient (Wildman–Crippen LogP) is 2.12. The van der Waals surface area contributed by atoms with Gasteiger partial charge in [-0.25, -0.2) is 4.79 Å². The number of nitriles is 1. The number of rotatable bonds is 5. The lowest BCUT2D eigenvalue weighted by molar-refractivity contribution is -0.136. The van der Waals surface area contributed by atoms with Crippen molar-refractivity contribution in [2.75, 3.05) is 54.7 Å². The maximum Gasteiger partial charge on any atom is 0.336 e. The van der Waals surface area contributed by atoms with E-state index in [0.717, 1.165) is 26.3 Å². The molecule has 174 valence electrons. The maximum atomic E-state index is 12.4. The SMILES string of the molecule is C1COCCN1.COC(=O)C1=C(C)NC(S)=C(C#N)C1c1cc(OC)c(OC)c(OC)c1. The van der Waals surface area contributed by atoms with Gasteiger partial charge in [0.2, 0.25) is 5.75 Å². The van der Waals surface area contributed by atoms with Crippen LogP contribution in [0.25, 0.3) is 0 Å². The standard InChI is InChI=1S/C18H20N2O5S.C4H9NO/c1-9-14(18(21)25-5)15(11(8-19)17(26)20-9)10-6-12(22-2)16(24-4)13(7-10)23-3;1-3-6-4-2-5-1/h6-7,15,20,26H,1-5H3;5H,1-4H2. The van der Waals surface area contributed by atoms with Crippen molar-refractivity contribution in [2.24, 2.45) is 0 Å². The first-order chi connectivity index (χ1) is 15.4. The molecule has 1 saturated heterocycles. The van der Waals surface area contributed by atoms with Crippen LogP contribution < -0.4 is 24.8 Å². The molecule has 10 heteroatoms. The molecule has 1 fully saturated rings. The molecule has 3 rings (SSSR count). The highest BCUT2D eigenvalue weighted by Crippen LogP contribution is 2.45. The highest BCUT2D eigenvalue weighted by atomic mass is 32.1. The van der Waals surface area contributed by atoms with Gasteiger partial charge in [-0.05, 0) is 24.6 Å². The number of carbonyl (C=O) groups excluding carboxylic acids is 1. The average molecular weight is 464 g/mol. The van der Waals surface area contributed by atoms with Gasteiger partial charge in [-0.2, -0.15) is 5.26 Å². The molecular formula is C22H29N3O6S. The Morgan fingerprint density at radius 1 is 1.12 bits per heavy atom. The van der Waals surface area contributed by atoms with Gasteiger partial charge in [-0.3, -0.25) is 0 Å². The quantitative estimate of drug-likeness (QED) is 0.447. The van der Waals surface area contributed by atoms with E-state index < -0.39 is 11.9 Å². The maximum absolute atomic E-state index is 12.4. The summed E-state index contributed by atoms with van der Waals surface area (Å²) >= 11 is 4.35. The summed E-state index contributed by atoms with van der Waals surface area (Å²) in [4.78, 5) is 12.4. The van der Waals surface area contributed by atoms with Gasteiger partial charge in [0.1, 0.15) is 0 Å². The van der Waals surface area contributed by atoms with E-state index in [1.54, 1.807) is 19.1 Å². The van der Waals surface area contributed by atoms with Crippen LogP contribution in [0.5, 0.6) is 17.2 Å². The minimum atomic E-state index is -0.685. The number of methoxy groups -OCH3 is 4. The summed E-state index contributed by atoms with van der Waals surface area (Å²) in [5.74, 6) is 0.0272. The number of esters is 1. The Bertz CT molecular complexity index is 898. The van der Waals surface area contributed by atoms with Gasteiger partial charge in [-0.1, -0.05) is 0 Å². The molecule has 1 aromatic carbocycles. The lowest BCUT2D eigenvalue weighted by atomic mass is 9.82. The van der Waals surface area contributed by atoms with Gasteiger partial charge in [0.15, 0.2) is 11.5 Å². The number of carbonyl (C=O) groups is 1. The van der Waals surface area contributed by atoms with Crippen LogP contribution in [0.4, 0.5) is 0 Å². The average Bonchev–Trinajstić information content (AvgIpc) is 2.83. The third-order valence-electron chi connectivity index (χ3n) is 4.93. The molecule has 1 unspecified atom stereocenters. The predicted molar refractivity (Wildman–Crippen MR) is 122 cm³/mol. The molecule has 2 N–H and O–H groups in total. The zero-order valence-corrected chi connectivity index (χ0v) is 19.8. The highest BCUT2D eigenvalue weighted by molar-refractivity contribution is 7.84. The van der Waals surface area contributed by atoms with E-state index in [9.17, 15) is 10.1 Å². The fraction of sp³-hybridized carbons (Fsp3) is 0.455. The Labute approximate surface area is 193 Å². The molecule has 0 aromatic heterocycles. The summed E-state index contributed by atoms with van der Waals surface area (Å²) in [6, 6.07) is 5.52. The van der Waals surface area contributed by atoms with Gasteiger partial charge in [0.25, 0.3) is 0 Å². The summed E-state index contributed by atoms with van der Waals surface area (Å²) in [6.45, 7) is 5.56. The molecule has 0 radical (unpaired) electrons. The molecule has 9 nitrogen and oxygen atoms in total. The second-order valence-electron chi connectivity index (χ2n) is 6.78. The first-order valence-corrected chi connectivity index (χ1v) is 10.4. The van der Waals surface area contributed by atoms with Gasteiger partial charge in [-0.15, -0.1) is 12.6 Å². The summed E-state index contributed by atoms with van der Waals surface area (Å²) in [7, 11) is 5.79. The smallest absolute Gasteiger partial charge is 0.336 e. The number of nitrogens with zero attached hydrogens (tertiary/aromatic N) is 1. The number of dihydropyridines is 1. The Morgan fingerprint density at radius 3 is 2.09 bits per heavy atom. The van der Waals surface area contributed by atoms with Crippen molar-refractivity contribution in [3.63, 3.8) is 0 Å². The molecule has 2 aliphatic heterocycles. The molecule has 1 atom stereocenters. The highest BCUT2D eigenvalue weighted by Gasteiger charge is 2.35. The number of nitrogens with one attached hydrogen (secondary N) is 2. The van der Waals surface area contributed by atoms with Crippen molar-refractivity contribution in [3.8, 4) is 23.3 Å². The van der Waals surface area contributed by atoms with Crippen molar-refractivity contribution in [2.45, 2.75) is 12.8 Å². The van der Waals surface area contributed by atoms with Gasteiger partial charge in [0.05, 0.1) is 69.8 Å². The zero-order valence-electron chi connectivity index (χ0n) is 18.9. The van der Waals surface area contributed by atoms with Gasteiger partial charge in [0, 0.05) is 18.8 Å². The molecule has 32 heavy (non-hydrogen) atoms. The molecule has 0 bridgehead atoms. The van der Waals surface area contributed by atoms with E-state index in [1.807, 2.05) is 0 Å². The van der Waals surface area contributed by atoms with E-state index in [0.29, 0.717) is 39.1 Å². The van der Waals surface area contributed by atoms with Crippen molar-refractivity contribution in [1.82, 2.24) is 10.6 Å². The second-order valence-corrected chi connectivity index (χ2v) is 7.23. The topological polar surface area (TPSA) is 111 Å². The molecular weight excluding hydrogens is 434 g/mol. The van der Waals surface area contributed by atoms with Crippen LogP contribution in [0.15, 0.2) is 34.0 Å². The number of benzene rings is 1. The molecule has 0 spiro atoms. The summed E-state index contributed by atoms with van der Waals surface area (Å²) in [5.41, 5.74) is 1.77. The van der Waals surface area contributed by atoms with Gasteiger partial charge < -0.3 is 34.3 Å². The largest absolute Gasteiger partial charge is 0.493 e. The van der Waals surface area contributed by atoms with Crippen LogP contribution in [0, 0.1) is 11.3 Å². The van der Waals surface area contributed by atoms with Crippen molar-refractivity contribution >= 4 is 18.6 Å². The minimum Gasteiger partial charge on any atom is -0.493 e. The molecule has 2 aliphatic rings. The van der Waals surface area contributed by atoms with Crippen molar-refractivity contribution in [1.29, 1.82) is 5.26 Å². The Kier molecular flexibility index (Phi) is 9.71. The van der Waals surface area contributed by atoms with E-state index in [-0.39, 0.29) is 5.57 Å². The number of hydrogen-bond donors (Lipinski definition) is 3. The zero-order chi connectivity index (χ0) is 23.7. The van der Waals surface area contributed by atoms with Crippen LogP contribution in [-0.2, 0) is 14.3 Å². The Morgan fingerprint density at radius 2 is 1.72 bits per heavy atom. The Balaban J connectivity index is 0.000000520. The minimum absolute atomic E-state index is 0.286. The third kappa shape index (κ3) is 5.68. The second kappa shape index (κ2) is 12.2. The number of thiol groups is 1.